The number of anilines is 1. The number of hydrogen-bond acceptors (Lipinski definition) is 3. The van der Waals surface area contributed by atoms with Crippen LogP contribution in [0.3, 0.4) is 0 Å². The van der Waals surface area contributed by atoms with Crippen LogP contribution >= 0.6 is 35.6 Å². The molecule has 11 heteroatoms. The molecular weight excluding hydrogens is 522 g/mol. The SMILES string of the molecule is CN=C(NCCC(=O)Nc1cccc(Cl)c1C)NC1CCN(CC(F)(F)F)C1.I. The second kappa shape index (κ2) is 11.8. The van der Waals surface area contributed by atoms with Crippen LogP contribution in [0.15, 0.2) is 23.2 Å². The van der Waals surface area contributed by atoms with Gasteiger partial charge < -0.3 is 16.0 Å². The summed E-state index contributed by atoms with van der Waals surface area (Å²) in [5, 5.41) is 9.50. The van der Waals surface area contributed by atoms with Crippen LogP contribution < -0.4 is 16.0 Å². The largest absolute Gasteiger partial charge is 0.401 e. The summed E-state index contributed by atoms with van der Waals surface area (Å²) in [6.07, 6.45) is -3.38. The van der Waals surface area contributed by atoms with Crippen molar-refractivity contribution in [2.45, 2.75) is 32.0 Å². The molecule has 164 valence electrons. The molecule has 6 nitrogen and oxygen atoms in total. The van der Waals surface area contributed by atoms with E-state index in [9.17, 15) is 18.0 Å². The first kappa shape index (κ1) is 25.8. The Morgan fingerprint density at radius 3 is 2.76 bits per heavy atom. The Hall–Kier alpha value is -1.27. The fraction of sp³-hybridized carbons (Fsp3) is 0.556. The standard InChI is InChI=1S/C18H25ClF3N5O.HI/c1-12-14(19)4-3-5-15(12)26-16(28)6-8-24-17(23-2)25-13-7-9-27(10-13)11-18(20,21)22;/h3-5,13H,6-11H2,1-2H3,(H,26,28)(H2,23,24,25);1H. The molecule has 0 radical (unpaired) electrons. The molecule has 1 saturated heterocycles. The van der Waals surface area contributed by atoms with Crippen LogP contribution in [0.25, 0.3) is 0 Å². The van der Waals surface area contributed by atoms with Crippen LogP contribution in [0, 0.1) is 6.92 Å². The van der Waals surface area contributed by atoms with Crippen molar-refractivity contribution in [3.63, 3.8) is 0 Å². The highest BCUT2D eigenvalue weighted by molar-refractivity contribution is 14.0. The molecule has 2 rings (SSSR count). The van der Waals surface area contributed by atoms with Crippen LogP contribution in [0.5, 0.6) is 0 Å². The lowest BCUT2D eigenvalue weighted by Crippen LogP contribution is -2.45. The topological polar surface area (TPSA) is 68.8 Å². The molecule has 1 aromatic carbocycles. The fourth-order valence-corrected chi connectivity index (χ4v) is 3.16. The number of hydrogen-bond donors (Lipinski definition) is 3. The molecular formula is C18H26ClF3IN5O. The Balaban J connectivity index is 0.00000420. The number of likely N-dealkylation sites (tertiary alicyclic amines) is 1. The van der Waals surface area contributed by atoms with Gasteiger partial charge in [0.15, 0.2) is 5.96 Å². The van der Waals surface area contributed by atoms with Crippen molar-refractivity contribution in [2.75, 3.05) is 38.5 Å². The Bertz CT molecular complexity index is 717. The van der Waals surface area contributed by atoms with Gasteiger partial charge >= 0.3 is 6.18 Å². The molecule has 1 amide bonds. The normalized spacial score (nSPS) is 17.6. The minimum Gasteiger partial charge on any atom is -0.356 e. The molecule has 1 heterocycles. The highest BCUT2D eigenvalue weighted by atomic mass is 127. The summed E-state index contributed by atoms with van der Waals surface area (Å²) >= 11 is 6.04. The summed E-state index contributed by atoms with van der Waals surface area (Å²) < 4.78 is 37.4. The molecule has 0 spiro atoms. The van der Waals surface area contributed by atoms with Crippen molar-refractivity contribution >= 4 is 53.1 Å². The van der Waals surface area contributed by atoms with E-state index in [-0.39, 0.29) is 42.3 Å². The van der Waals surface area contributed by atoms with E-state index in [2.05, 4.69) is 20.9 Å². The zero-order chi connectivity index (χ0) is 20.7. The van der Waals surface area contributed by atoms with E-state index in [4.69, 9.17) is 11.6 Å². The van der Waals surface area contributed by atoms with Gasteiger partial charge in [-0.1, -0.05) is 17.7 Å². The van der Waals surface area contributed by atoms with Crippen LogP contribution in [0.2, 0.25) is 5.02 Å². The van der Waals surface area contributed by atoms with Crippen LogP contribution in [0.4, 0.5) is 18.9 Å². The monoisotopic (exact) mass is 547 g/mol. The van der Waals surface area contributed by atoms with Gasteiger partial charge in [0.1, 0.15) is 0 Å². The molecule has 1 aliphatic heterocycles. The van der Waals surface area contributed by atoms with E-state index in [1.54, 1.807) is 25.2 Å². The van der Waals surface area contributed by atoms with Crippen molar-refractivity contribution in [3.8, 4) is 0 Å². The first-order valence-corrected chi connectivity index (χ1v) is 9.37. The maximum Gasteiger partial charge on any atom is 0.401 e. The average molecular weight is 548 g/mol. The molecule has 0 bridgehead atoms. The summed E-state index contributed by atoms with van der Waals surface area (Å²) in [5.74, 6) is 0.288. The van der Waals surface area contributed by atoms with E-state index in [0.717, 1.165) is 5.56 Å². The molecule has 0 saturated carbocycles. The second-order valence-electron chi connectivity index (χ2n) is 6.69. The third kappa shape index (κ3) is 8.95. The third-order valence-electron chi connectivity index (χ3n) is 4.43. The van der Waals surface area contributed by atoms with Gasteiger partial charge in [-0.2, -0.15) is 13.2 Å². The van der Waals surface area contributed by atoms with Gasteiger partial charge in [0.05, 0.1) is 6.54 Å². The van der Waals surface area contributed by atoms with E-state index >= 15 is 0 Å². The lowest BCUT2D eigenvalue weighted by molar-refractivity contribution is -0.143. The van der Waals surface area contributed by atoms with Crippen molar-refractivity contribution in [1.29, 1.82) is 0 Å². The minimum atomic E-state index is -4.19. The van der Waals surface area contributed by atoms with Gasteiger partial charge in [0.25, 0.3) is 0 Å². The first-order valence-electron chi connectivity index (χ1n) is 8.99. The zero-order valence-corrected chi connectivity index (χ0v) is 19.4. The molecule has 1 unspecified atom stereocenters. The fourth-order valence-electron chi connectivity index (χ4n) is 2.99. The second-order valence-corrected chi connectivity index (χ2v) is 7.10. The number of halogens is 5. The van der Waals surface area contributed by atoms with Crippen molar-refractivity contribution < 1.29 is 18.0 Å². The van der Waals surface area contributed by atoms with Gasteiger partial charge in [-0.25, -0.2) is 0 Å². The molecule has 1 aliphatic rings. The summed E-state index contributed by atoms with van der Waals surface area (Å²) in [5.41, 5.74) is 1.46. The van der Waals surface area contributed by atoms with E-state index in [1.807, 2.05) is 6.92 Å². The maximum absolute atomic E-state index is 12.5. The number of guanidine groups is 1. The Kier molecular flexibility index (Phi) is 10.5. The van der Waals surface area contributed by atoms with Crippen LogP contribution in [-0.4, -0.2) is 62.2 Å². The van der Waals surface area contributed by atoms with Gasteiger partial charge in [-0.3, -0.25) is 14.7 Å². The molecule has 0 aromatic heterocycles. The van der Waals surface area contributed by atoms with Crippen molar-refractivity contribution in [1.82, 2.24) is 15.5 Å². The number of nitrogens with one attached hydrogen (secondary N) is 3. The van der Waals surface area contributed by atoms with Gasteiger partial charge in [-0.05, 0) is 31.0 Å². The number of nitrogens with zero attached hydrogens (tertiary/aromatic N) is 2. The smallest absolute Gasteiger partial charge is 0.356 e. The minimum absolute atomic E-state index is 0. The number of carbonyl (C=O) groups excluding carboxylic acids is 1. The van der Waals surface area contributed by atoms with Crippen LogP contribution in [-0.2, 0) is 4.79 Å². The molecule has 3 N–H and O–H groups in total. The number of benzene rings is 1. The lowest BCUT2D eigenvalue weighted by Gasteiger charge is -2.19. The van der Waals surface area contributed by atoms with E-state index in [0.29, 0.717) is 42.7 Å². The number of alkyl halides is 3. The number of rotatable bonds is 6. The van der Waals surface area contributed by atoms with Crippen molar-refractivity contribution in [2.24, 2.45) is 4.99 Å². The summed E-state index contributed by atoms with van der Waals surface area (Å²) in [6, 6.07) is 5.18. The molecule has 1 fully saturated rings. The van der Waals surface area contributed by atoms with Gasteiger partial charge in [0, 0.05) is 49.9 Å². The van der Waals surface area contributed by atoms with Crippen molar-refractivity contribution in [3.05, 3.63) is 28.8 Å². The molecule has 29 heavy (non-hydrogen) atoms. The lowest BCUT2D eigenvalue weighted by atomic mass is 10.2. The van der Waals surface area contributed by atoms with Gasteiger partial charge in [0.2, 0.25) is 5.91 Å². The van der Waals surface area contributed by atoms with Gasteiger partial charge in [-0.15, -0.1) is 24.0 Å². The zero-order valence-electron chi connectivity index (χ0n) is 16.3. The predicted octanol–water partition coefficient (Wildman–Crippen LogP) is 3.40. The average Bonchev–Trinajstić information content (AvgIpc) is 3.03. The predicted molar refractivity (Wildman–Crippen MR) is 120 cm³/mol. The Morgan fingerprint density at radius 1 is 1.38 bits per heavy atom. The molecule has 1 atom stereocenters. The van der Waals surface area contributed by atoms with E-state index in [1.165, 1.54) is 4.90 Å². The first-order chi connectivity index (χ1) is 13.2. The molecule has 1 aromatic rings. The number of amides is 1. The highest BCUT2D eigenvalue weighted by Crippen LogP contribution is 2.23. The third-order valence-corrected chi connectivity index (χ3v) is 4.84. The summed E-state index contributed by atoms with van der Waals surface area (Å²) in [6.45, 7) is 1.94. The Labute approximate surface area is 190 Å². The summed E-state index contributed by atoms with van der Waals surface area (Å²) in [4.78, 5) is 17.5. The number of aliphatic imine (C=N–C) groups is 1. The quantitative estimate of drug-likeness (QED) is 0.290. The molecule has 0 aliphatic carbocycles. The summed E-state index contributed by atoms with van der Waals surface area (Å²) in [7, 11) is 1.58. The number of carbonyl (C=O) groups is 1. The van der Waals surface area contributed by atoms with Crippen LogP contribution in [0.1, 0.15) is 18.4 Å². The van der Waals surface area contributed by atoms with E-state index < -0.39 is 12.7 Å². The maximum atomic E-state index is 12.5. The highest BCUT2D eigenvalue weighted by Gasteiger charge is 2.34. The Morgan fingerprint density at radius 2 is 2.10 bits per heavy atom.